The molecular weight excluding hydrogens is 1230 g/mol. The number of aryl methyl sites for hydroxylation is 1. The molecule has 2 unspecified atom stereocenters. The third-order valence-electron chi connectivity index (χ3n) is 23.4. The highest BCUT2D eigenvalue weighted by Crippen LogP contribution is 2.65. The number of hydrogen-bond acceptors (Lipinski definition) is 5. The smallest absolute Gasteiger partial charge is 0.119 e. The lowest BCUT2D eigenvalue weighted by atomic mass is 9.69. The first kappa shape index (κ1) is 72.0. The molecule has 98 heavy (non-hydrogen) atoms. The van der Waals surface area contributed by atoms with Gasteiger partial charge in [-0.05, 0) is 131 Å². The maximum absolute atomic E-state index is 6.89. The summed E-state index contributed by atoms with van der Waals surface area (Å²) in [4.78, 5) is 2.86. The molecule has 0 saturated heterocycles. The standard InChI is InChI=1S/C92H121N3OS2/c1-8-14-20-26-30-36-43-67(42-34-24-18-12-5)64-95-80-62-78(70-54-56-71(57-55-70)96-65-68(44-35-25-19-13-6)45-37-31-27-21-15-9-2)75-48-40-46-73-74-47-41-49-77-83(74)86(85(80)82(73)75)90(95)87-84(77)91-79(92(87,60-38-32-28-22-16-10-3)61-39-33-29-23-17-11-4)63-81(97-91)76-59-58-72(88-89(76)94-98-93-88)69-52-50-66(7)51-53-69/h40-41,46-59,62-63,67-68H,8-39,42-45,60-61,64-65H2,1-7H3. The molecule has 1 aliphatic carbocycles. The van der Waals surface area contributed by atoms with Gasteiger partial charge in [-0.1, -0.05) is 338 Å². The van der Waals surface area contributed by atoms with Crippen LogP contribution < -0.4 is 4.74 Å². The number of rotatable bonds is 46. The second-order valence-corrected chi connectivity index (χ2v) is 32.3. The molecule has 4 nitrogen and oxygen atoms in total. The minimum Gasteiger partial charge on any atom is -0.493 e. The molecule has 0 radical (unpaired) electrons. The fourth-order valence-corrected chi connectivity index (χ4v) is 19.9. The van der Waals surface area contributed by atoms with E-state index >= 15 is 0 Å². The van der Waals surface area contributed by atoms with Gasteiger partial charge in [-0.3, -0.25) is 0 Å². The Hall–Kier alpha value is -5.82. The molecule has 0 amide bonds. The van der Waals surface area contributed by atoms with Gasteiger partial charge in [0.05, 0.1) is 29.4 Å². The number of ether oxygens (including phenoxy) is 1. The molecule has 12 rings (SSSR count). The summed E-state index contributed by atoms with van der Waals surface area (Å²) in [5.41, 5.74) is 17.3. The Morgan fingerprint density at radius 2 is 0.888 bits per heavy atom. The molecule has 3 heterocycles. The first-order chi connectivity index (χ1) is 48.4. The lowest BCUT2D eigenvalue weighted by Gasteiger charge is -2.34. The highest BCUT2D eigenvalue weighted by Gasteiger charge is 2.48. The third-order valence-corrected chi connectivity index (χ3v) is 25.1. The number of unbranched alkanes of at least 4 members (excludes halogenated alkanes) is 26. The van der Waals surface area contributed by atoms with Crippen LogP contribution in [0.1, 0.15) is 302 Å². The van der Waals surface area contributed by atoms with Crippen LogP contribution in [0.25, 0.3) is 108 Å². The molecule has 11 aromatic rings. The zero-order valence-electron chi connectivity index (χ0n) is 61.9. The van der Waals surface area contributed by atoms with Crippen molar-refractivity contribution in [2.75, 3.05) is 6.61 Å². The van der Waals surface area contributed by atoms with Gasteiger partial charge in [-0.15, -0.1) is 11.3 Å². The van der Waals surface area contributed by atoms with E-state index < -0.39 is 0 Å². The van der Waals surface area contributed by atoms with E-state index in [2.05, 4.69) is 174 Å². The number of fused-ring (bicyclic) bond motifs is 7. The SMILES string of the molecule is CCCCCCCCC(CCCCCC)COc1ccc(-c2cc3c4c5c2cccc5c2cccc5c6c(c(c4c52)n3CC(CCCCCC)CCCCCCCC)C(CCCCCCCC)(CCCCCCCC)c2cc(-c3ccc(-c4ccc(C)cc4)c4nsnc34)sc2-6)cc1. The van der Waals surface area contributed by atoms with E-state index in [9.17, 15) is 0 Å². The maximum atomic E-state index is 6.89. The molecule has 0 spiro atoms. The third kappa shape index (κ3) is 15.9. The summed E-state index contributed by atoms with van der Waals surface area (Å²) in [5.74, 6) is 2.21. The Bertz CT molecular complexity index is 4200. The number of hydrogen-bond donors (Lipinski definition) is 0. The summed E-state index contributed by atoms with van der Waals surface area (Å²) >= 11 is 3.45. The van der Waals surface area contributed by atoms with Crippen LogP contribution in [0.15, 0.2) is 109 Å². The summed E-state index contributed by atoms with van der Waals surface area (Å²) in [6, 6.07) is 43.5. The summed E-state index contributed by atoms with van der Waals surface area (Å²) < 4.78 is 20.2. The number of nitrogens with zero attached hydrogens (tertiary/aromatic N) is 3. The topological polar surface area (TPSA) is 39.9 Å². The summed E-state index contributed by atoms with van der Waals surface area (Å²) in [6.07, 6.45) is 49.7. The van der Waals surface area contributed by atoms with E-state index in [4.69, 9.17) is 13.5 Å². The van der Waals surface area contributed by atoms with Gasteiger partial charge in [0.25, 0.3) is 0 Å². The van der Waals surface area contributed by atoms with Gasteiger partial charge in [0.2, 0.25) is 0 Å². The summed E-state index contributed by atoms with van der Waals surface area (Å²) in [7, 11) is 0. The molecule has 0 saturated carbocycles. The normalized spacial score (nSPS) is 13.7. The van der Waals surface area contributed by atoms with Gasteiger partial charge >= 0.3 is 0 Å². The Kier molecular flexibility index (Phi) is 26.2. The van der Waals surface area contributed by atoms with E-state index in [0.717, 1.165) is 29.9 Å². The Balaban J connectivity index is 1.06. The minimum atomic E-state index is -0.166. The average molecular weight is 1350 g/mol. The minimum absolute atomic E-state index is 0.166. The highest BCUT2D eigenvalue weighted by atomic mass is 32.1. The van der Waals surface area contributed by atoms with Crippen LogP contribution in [0, 0.1) is 18.8 Å². The largest absolute Gasteiger partial charge is 0.493 e. The molecule has 0 aliphatic heterocycles. The zero-order chi connectivity index (χ0) is 67.6. The maximum Gasteiger partial charge on any atom is 0.119 e. The quantitative estimate of drug-likeness (QED) is 0.0217. The number of thiophene rings is 1. The molecule has 0 N–H and O–H groups in total. The van der Waals surface area contributed by atoms with Crippen LogP contribution >= 0.6 is 23.1 Å². The molecule has 0 fully saturated rings. The van der Waals surface area contributed by atoms with Crippen molar-refractivity contribution in [1.82, 2.24) is 13.3 Å². The fraction of sp³-hybridized carbons (Fsp3) is 0.543. The first-order valence-corrected chi connectivity index (χ1v) is 42.1. The molecule has 1 aliphatic rings. The monoisotopic (exact) mass is 1350 g/mol. The lowest BCUT2D eigenvalue weighted by molar-refractivity contribution is 0.224. The van der Waals surface area contributed by atoms with Crippen LogP contribution in [0.4, 0.5) is 0 Å². The lowest BCUT2D eigenvalue weighted by Crippen LogP contribution is -2.26. The van der Waals surface area contributed by atoms with Crippen molar-refractivity contribution in [2.24, 2.45) is 11.8 Å². The predicted octanol–water partition coefficient (Wildman–Crippen LogP) is 30.3. The van der Waals surface area contributed by atoms with E-state index in [1.54, 1.807) is 27.6 Å². The van der Waals surface area contributed by atoms with E-state index in [-0.39, 0.29) is 5.41 Å². The van der Waals surface area contributed by atoms with Gasteiger partial charge < -0.3 is 9.30 Å². The van der Waals surface area contributed by atoms with Crippen molar-refractivity contribution in [3.8, 4) is 48.9 Å². The van der Waals surface area contributed by atoms with Gasteiger partial charge in [-0.2, -0.15) is 8.75 Å². The van der Waals surface area contributed by atoms with Crippen molar-refractivity contribution in [2.45, 2.75) is 304 Å². The second-order valence-electron chi connectivity index (χ2n) is 30.7. The predicted molar refractivity (Wildman–Crippen MR) is 432 cm³/mol. The molecule has 2 atom stereocenters. The molecule has 3 aromatic heterocycles. The molecule has 6 heteroatoms. The van der Waals surface area contributed by atoms with Gasteiger partial charge in [0.1, 0.15) is 16.8 Å². The van der Waals surface area contributed by atoms with Gasteiger partial charge in [0.15, 0.2) is 0 Å². The Morgan fingerprint density at radius 3 is 1.46 bits per heavy atom. The average Bonchev–Trinajstić information content (AvgIpc) is 1.48. The van der Waals surface area contributed by atoms with Crippen molar-refractivity contribution >= 4 is 88.2 Å². The van der Waals surface area contributed by atoms with E-state index in [1.165, 1.54) is 342 Å². The molecular formula is C92H121N3OS2. The van der Waals surface area contributed by atoms with Crippen LogP contribution in [0.2, 0.25) is 0 Å². The van der Waals surface area contributed by atoms with E-state index in [0.29, 0.717) is 11.8 Å². The van der Waals surface area contributed by atoms with Crippen molar-refractivity contribution < 1.29 is 4.74 Å². The van der Waals surface area contributed by atoms with Crippen molar-refractivity contribution in [3.63, 3.8) is 0 Å². The molecule has 0 bridgehead atoms. The Morgan fingerprint density at radius 1 is 0.429 bits per heavy atom. The molecule has 8 aromatic carbocycles. The summed E-state index contributed by atoms with van der Waals surface area (Å²) in [6.45, 7) is 18.2. The molecule has 522 valence electrons. The van der Waals surface area contributed by atoms with Crippen LogP contribution in [0.3, 0.4) is 0 Å². The number of aromatic nitrogens is 3. The highest BCUT2D eigenvalue weighted by molar-refractivity contribution is 7.19. The van der Waals surface area contributed by atoms with E-state index in [1.807, 2.05) is 0 Å². The van der Waals surface area contributed by atoms with Crippen molar-refractivity contribution in [1.29, 1.82) is 0 Å². The van der Waals surface area contributed by atoms with Gasteiger partial charge in [-0.25, -0.2) is 0 Å². The van der Waals surface area contributed by atoms with Crippen molar-refractivity contribution in [3.05, 3.63) is 126 Å². The second kappa shape index (κ2) is 35.7. The Labute approximate surface area is 599 Å². The van der Waals surface area contributed by atoms with Crippen LogP contribution in [0.5, 0.6) is 5.75 Å². The zero-order valence-corrected chi connectivity index (χ0v) is 63.5. The van der Waals surface area contributed by atoms with Gasteiger partial charge in [0, 0.05) is 59.9 Å². The number of benzene rings is 8. The fourth-order valence-electron chi connectivity index (χ4n) is 17.9. The first-order valence-electron chi connectivity index (χ1n) is 40.6. The van der Waals surface area contributed by atoms with Crippen LogP contribution in [-0.4, -0.2) is 19.9 Å². The summed E-state index contributed by atoms with van der Waals surface area (Å²) in [5, 5.41) is 11.6. The van der Waals surface area contributed by atoms with Crippen LogP contribution in [-0.2, 0) is 12.0 Å².